The van der Waals surface area contributed by atoms with E-state index in [9.17, 15) is 0 Å². The third kappa shape index (κ3) is 0.843. The van der Waals surface area contributed by atoms with Crippen molar-refractivity contribution in [1.29, 1.82) is 0 Å². The van der Waals surface area contributed by atoms with Crippen LogP contribution < -0.4 is 0 Å². The van der Waals surface area contributed by atoms with E-state index in [0.717, 1.165) is 5.92 Å². The molecule has 1 heterocycles. The Morgan fingerprint density at radius 1 is 1.29 bits per heavy atom. The van der Waals surface area contributed by atoms with Gasteiger partial charge in [0, 0.05) is 5.92 Å². The summed E-state index contributed by atoms with van der Waals surface area (Å²) in [6, 6.07) is 0. The van der Waals surface area contributed by atoms with Crippen LogP contribution in [0.2, 0.25) is 19.6 Å². The highest BCUT2D eigenvalue weighted by Gasteiger charge is 2.77. The van der Waals surface area contributed by atoms with Crippen LogP contribution in [0.15, 0.2) is 17.3 Å². The molecule has 4 unspecified atom stereocenters. The highest BCUT2D eigenvalue weighted by molar-refractivity contribution is 6.79. The number of oxime groups is 1. The number of hydrogen-bond donors (Lipinski definition) is 0. The molecule has 0 amide bonds. The molecule has 3 heteroatoms. The number of rotatable bonds is 1. The lowest BCUT2D eigenvalue weighted by atomic mass is 9.71. The Kier molecular flexibility index (Phi) is 1.65. The van der Waals surface area contributed by atoms with Crippen LogP contribution in [0.3, 0.4) is 0 Å². The molecule has 0 aromatic heterocycles. The van der Waals surface area contributed by atoms with Crippen molar-refractivity contribution in [3.63, 3.8) is 0 Å². The maximum absolute atomic E-state index is 6.22. The molecular weight excluding hydrogens is 226 g/mol. The van der Waals surface area contributed by atoms with Gasteiger partial charge in [-0.1, -0.05) is 36.9 Å². The van der Waals surface area contributed by atoms with E-state index >= 15 is 0 Å². The van der Waals surface area contributed by atoms with Gasteiger partial charge < -0.3 is 4.84 Å². The molecule has 2 fully saturated rings. The van der Waals surface area contributed by atoms with Crippen LogP contribution in [0.25, 0.3) is 0 Å². The number of nitrogens with zero attached hydrogens (tertiary/aromatic N) is 1. The summed E-state index contributed by atoms with van der Waals surface area (Å²) >= 11 is 0. The topological polar surface area (TPSA) is 21.6 Å². The maximum Gasteiger partial charge on any atom is 0.141 e. The Balaban J connectivity index is 1.98. The monoisotopic (exact) mass is 247 g/mol. The average molecular weight is 247 g/mol. The SMILES string of the molecule is C[Si](C)(C)C12ON=C3CCCC31C1C=CC2C1. The van der Waals surface area contributed by atoms with E-state index in [1.807, 2.05) is 0 Å². The van der Waals surface area contributed by atoms with Gasteiger partial charge in [-0.25, -0.2) is 0 Å². The summed E-state index contributed by atoms with van der Waals surface area (Å²) in [4.78, 5) is 6.22. The van der Waals surface area contributed by atoms with Crippen molar-refractivity contribution in [2.75, 3.05) is 0 Å². The minimum Gasteiger partial charge on any atom is -0.392 e. The highest BCUT2D eigenvalue weighted by atomic mass is 28.3. The van der Waals surface area contributed by atoms with Gasteiger partial charge in [0.1, 0.15) is 13.3 Å². The van der Waals surface area contributed by atoms with Crippen LogP contribution in [-0.2, 0) is 4.84 Å². The van der Waals surface area contributed by atoms with Gasteiger partial charge in [-0.05, 0) is 31.6 Å². The molecule has 1 aliphatic heterocycles. The molecule has 0 N–H and O–H groups in total. The molecule has 4 atom stereocenters. The van der Waals surface area contributed by atoms with Crippen molar-refractivity contribution in [1.82, 2.24) is 0 Å². The Bertz CT molecular complexity index is 450. The molecule has 2 nitrogen and oxygen atoms in total. The molecule has 0 aromatic carbocycles. The summed E-state index contributed by atoms with van der Waals surface area (Å²) in [5.41, 5.74) is 1.73. The lowest BCUT2D eigenvalue weighted by Crippen LogP contribution is -2.65. The molecule has 92 valence electrons. The van der Waals surface area contributed by atoms with Gasteiger partial charge in [0.05, 0.1) is 11.1 Å². The van der Waals surface area contributed by atoms with Crippen LogP contribution in [0.4, 0.5) is 0 Å². The molecule has 4 aliphatic rings. The minimum absolute atomic E-state index is 0.0885. The third-order valence-electron chi connectivity index (χ3n) is 5.82. The summed E-state index contributed by atoms with van der Waals surface area (Å²) < 4.78 is 0. The molecule has 4 rings (SSSR count). The van der Waals surface area contributed by atoms with Gasteiger partial charge in [0.2, 0.25) is 0 Å². The molecule has 2 bridgehead atoms. The summed E-state index contributed by atoms with van der Waals surface area (Å²) in [5, 5.41) is 4.65. The van der Waals surface area contributed by atoms with E-state index in [-0.39, 0.29) is 5.22 Å². The first-order valence-electron chi connectivity index (χ1n) is 6.96. The van der Waals surface area contributed by atoms with Crippen molar-refractivity contribution in [3.05, 3.63) is 12.2 Å². The maximum atomic E-state index is 6.22. The quantitative estimate of drug-likeness (QED) is 0.514. The zero-order valence-corrected chi connectivity index (χ0v) is 12.0. The van der Waals surface area contributed by atoms with Crippen molar-refractivity contribution < 1.29 is 4.84 Å². The minimum atomic E-state index is -1.41. The van der Waals surface area contributed by atoms with Crippen LogP contribution in [0.1, 0.15) is 25.7 Å². The van der Waals surface area contributed by atoms with Crippen molar-refractivity contribution >= 4 is 13.8 Å². The first kappa shape index (κ1) is 10.4. The van der Waals surface area contributed by atoms with E-state index in [0.29, 0.717) is 11.3 Å². The number of fused-ring (bicyclic) bond motifs is 3. The fourth-order valence-electron chi connectivity index (χ4n) is 5.44. The lowest BCUT2D eigenvalue weighted by molar-refractivity contribution is -0.0349. The third-order valence-corrected chi connectivity index (χ3v) is 8.95. The van der Waals surface area contributed by atoms with Gasteiger partial charge in [-0.2, -0.15) is 0 Å². The van der Waals surface area contributed by atoms with Crippen LogP contribution >= 0.6 is 0 Å². The van der Waals surface area contributed by atoms with E-state index in [1.54, 1.807) is 0 Å². The van der Waals surface area contributed by atoms with Crippen LogP contribution in [0.5, 0.6) is 0 Å². The van der Waals surface area contributed by atoms with Crippen molar-refractivity contribution in [2.24, 2.45) is 22.4 Å². The van der Waals surface area contributed by atoms with Crippen LogP contribution in [0, 0.1) is 17.3 Å². The molecule has 0 saturated heterocycles. The smallest absolute Gasteiger partial charge is 0.141 e. The van der Waals surface area contributed by atoms with Gasteiger partial charge >= 0.3 is 0 Å². The fraction of sp³-hybridized carbons (Fsp3) is 0.786. The molecule has 0 aromatic rings. The largest absolute Gasteiger partial charge is 0.392 e. The highest BCUT2D eigenvalue weighted by Crippen LogP contribution is 2.70. The van der Waals surface area contributed by atoms with E-state index < -0.39 is 8.07 Å². The van der Waals surface area contributed by atoms with E-state index in [1.165, 1.54) is 31.4 Å². The zero-order valence-electron chi connectivity index (χ0n) is 11.0. The predicted molar refractivity (Wildman–Crippen MR) is 71.6 cm³/mol. The molecule has 17 heavy (non-hydrogen) atoms. The normalized spacial score (nSPS) is 50.2. The van der Waals surface area contributed by atoms with Crippen molar-refractivity contribution in [3.8, 4) is 0 Å². The van der Waals surface area contributed by atoms with Crippen LogP contribution in [-0.4, -0.2) is 19.0 Å². The molecule has 3 aliphatic carbocycles. The van der Waals surface area contributed by atoms with Gasteiger partial charge in [0.25, 0.3) is 0 Å². The van der Waals surface area contributed by atoms with E-state index in [2.05, 4.69) is 36.9 Å². The molecule has 0 radical (unpaired) electrons. The Morgan fingerprint density at radius 2 is 2.06 bits per heavy atom. The Morgan fingerprint density at radius 3 is 2.82 bits per heavy atom. The predicted octanol–water partition coefficient (Wildman–Crippen LogP) is 3.37. The van der Waals surface area contributed by atoms with Crippen molar-refractivity contribution in [2.45, 2.75) is 50.5 Å². The second kappa shape index (κ2) is 2.71. The molecule has 2 saturated carbocycles. The number of hydrogen-bond acceptors (Lipinski definition) is 2. The van der Waals surface area contributed by atoms with Gasteiger partial charge in [-0.15, -0.1) is 0 Å². The average Bonchev–Trinajstić information content (AvgIpc) is 2.90. The van der Waals surface area contributed by atoms with Gasteiger partial charge in [-0.3, -0.25) is 0 Å². The standard InChI is InChI=1S/C14H21NOSi/c1-17(2,3)14-11-7-6-10(9-11)13(14)8-4-5-12(13)15-16-14/h6-7,10-11H,4-5,8-9H2,1-3H3. The molecular formula is C14H21NOSi. The Labute approximate surface area is 104 Å². The second-order valence-electron chi connectivity index (χ2n) is 7.27. The summed E-state index contributed by atoms with van der Waals surface area (Å²) in [5.74, 6) is 1.36. The molecule has 1 spiro atoms. The summed E-state index contributed by atoms with van der Waals surface area (Å²) in [6.07, 6.45) is 10.1. The Hall–Kier alpha value is -0.573. The fourth-order valence-corrected chi connectivity index (χ4v) is 8.88. The second-order valence-corrected chi connectivity index (χ2v) is 12.5. The lowest BCUT2D eigenvalue weighted by Gasteiger charge is -2.50. The van der Waals surface area contributed by atoms with E-state index in [4.69, 9.17) is 4.84 Å². The first-order chi connectivity index (χ1) is 8.02. The summed E-state index contributed by atoms with van der Waals surface area (Å²) in [6.45, 7) is 7.42. The van der Waals surface area contributed by atoms with Gasteiger partial charge in [0.15, 0.2) is 0 Å². The number of allylic oxidation sites excluding steroid dienone is 1. The zero-order chi connectivity index (χ0) is 11.9. The summed E-state index contributed by atoms with van der Waals surface area (Å²) in [7, 11) is -1.41. The first-order valence-corrected chi connectivity index (χ1v) is 10.5.